The van der Waals surface area contributed by atoms with Crippen LogP contribution in [0.5, 0.6) is 0 Å². The summed E-state index contributed by atoms with van der Waals surface area (Å²) < 4.78 is 0. The number of pyridine rings is 1. The van der Waals surface area contributed by atoms with E-state index in [1.54, 1.807) is 0 Å². The summed E-state index contributed by atoms with van der Waals surface area (Å²) in [5, 5.41) is 8.60. The second-order valence-electron chi connectivity index (χ2n) is 13.7. The van der Waals surface area contributed by atoms with Gasteiger partial charge in [0.15, 0.2) is 6.17 Å². The molecule has 1 aromatic heterocycles. The number of nitrogens with zero attached hydrogens (tertiary/aromatic N) is 3. The highest BCUT2D eigenvalue weighted by molar-refractivity contribution is 6.16. The van der Waals surface area contributed by atoms with Gasteiger partial charge in [0.2, 0.25) is 0 Å². The van der Waals surface area contributed by atoms with Crippen LogP contribution in [0, 0.1) is 0 Å². The van der Waals surface area contributed by atoms with E-state index in [-0.39, 0.29) is 12.2 Å². The Morgan fingerprint density at radius 1 is 0.426 bits per heavy atom. The number of nitrogens with one attached hydrogen (secondary N) is 2. The quantitative estimate of drug-likeness (QED) is 0.182. The first kappa shape index (κ1) is 31.6. The second-order valence-corrected chi connectivity index (χ2v) is 13.7. The summed E-state index contributed by atoms with van der Waals surface area (Å²) in [7, 11) is 0. The number of hydrogen-bond donors (Lipinski definition) is 2. The van der Waals surface area contributed by atoms with Crippen LogP contribution in [-0.2, 0) is 0 Å². The lowest BCUT2D eigenvalue weighted by molar-refractivity contribution is 0.756. The fraction of sp³-hybridized carbons (Fsp3) is 0.0408. The Morgan fingerprint density at radius 2 is 1.07 bits per heavy atom. The van der Waals surface area contributed by atoms with Crippen LogP contribution < -0.4 is 10.6 Å². The van der Waals surface area contributed by atoms with Gasteiger partial charge < -0.3 is 10.6 Å². The molecule has 256 valence electrons. The minimum Gasteiger partial charge on any atom is -0.374 e. The van der Waals surface area contributed by atoms with Gasteiger partial charge in [-0.15, -0.1) is 0 Å². The van der Waals surface area contributed by atoms with Gasteiger partial charge in [-0.3, -0.25) is 0 Å². The molecule has 0 fully saturated rings. The maximum absolute atomic E-state index is 5.13. The predicted molar refractivity (Wildman–Crippen MR) is 222 cm³/mol. The predicted octanol–water partition coefficient (Wildman–Crippen LogP) is 11.2. The third-order valence-corrected chi connectivity index (χ3v) is 10.4. The van der Waals surface area contributed by atoms with E-state index < -0.39 is 0 Å². The summed E-state index contributed by atoms with van der Waals surface area (Å²) in [6, 6.07) is 65.8. The lowest BCUT2D eigenvalue weighted by Gasteiger charge is -2.31. The van der Waals surface area contributed by atoms with Crippen molar-refractivity contribution in [2.24, 2.45) is 9.98 Å². The summed E-state index contributed by atoms with van der Waals surface area (Å²) in [6.45, 7) is 0. The maximum atomic E-state index is 5.13. The third kappa shape index (κ3) is 5.82. The van der Waals surface area contributed by atoms with Crippen molar-refractivity contribution in [2.45, 2.75) is 12.2 Å². The van der Waals surface area contributed by atoms with Crippen LogP contribution in [0.25, 0.3) is 44.4 Å². The van der Waals surface area contributed by atoms with Crippen LogP contribution in [0.1, 0.15) is 40.0 Å². The molecule has 3 heterocycles. The highest BCUT2D eigenvalue weighted by atomic mass is 15.2. The summed E-state index contributed by atoms with van der Waals surface area (Å²) in [6.07, 6.45) is -0.340. The van der Waals surface area contributed by atoms with Crippen LogP contribution >= 0.6 is 0 Å². The second kappa shape index (κ2) is 13.5. The topological polar surface area (TPSA) is 61.7 Å². The van der Waals surface area contributed by atoms with Gasteiger partial charge in [-0.05, 0) is 57.6 Å². The lowest BCUT2D eigenvalue weighted by atomic mass is 9.83. The minimum absolute atomic E-state index is 0.0465. The molecule has 5 nitrogen and oxygen atoms in total. The zero-order valence-electron chi connectivity index (χ0n) is 29.4. The monoisotopic (exact) mass is 693 g/mol. The van der Waals surface area contributed by atoms with Crippen molar-refractivity contribution in [1.82, 2.24) is 10.3 Å². The summed E-state index contributed by atoms with van der Waals surface area (Å²) in [4.78, 5) is 15.2. The van der Waals surface area contributed by atoms with Gasteiger partial charge in [-0.2, -0.15) is 0 Å². The van der Waals surface area contributed by atoms with Gasteiger partial charge in [0.1, 0.15) is 11.7 Å². The summed E-state index contributed by atoms with van der Waals surface area (Å²) in [5.74, 6) is 1.61. The molecule has 0 saturated heterocycles. The minimum atomic E-state index is -0.340. The third-order valence-electron chi connectivity index (χ3n) is 10.4. The normalized spacial score (nSPS) is 15.9. The van der Waals surface area contributed by atoms with Crippen LogP contribution in [0.15, 0.2) is 198 Å². The smallest absolute Gasteiger partial charge is 0.169 e. The Hall–Kier alpha value is -7.11. The molecule has 0 radical (unpaired) electrons. The first-order valence-corrected chi connectivity index (χ1v) is 18.3. The summed E-state index contributed by atoms with van der Waals surface area (Å²) in [5.41, 5.74) is 14.4. The molecule has 10 rings (SSSR count). The molecule has 0 saturated carbocycles. The number of rotatable bonds is 6. The van der Waals surface area contributed by atoms with Crippen LogP contribution in [0.3, 0.4) is 0 Å². The average Bonchev–Trinajstić information content (AvgIpc) is 3.26. The van der Waals surface area contributed by atoms with Gasteiger partial charge in [-0.1, -0.05) is 164 Å². The largest absolute Gasteiger partial charge is 0.374 e. The Balaban J connectivity index is 1.000. The van der Waals surface area contributed by atoms with Crippen molar-refractivity contribution < 1.29 is 0 Å². The van der Waals surface area contributed by atoms with E-state index in [0.717, 1.165) is 67.3 Å². The molecule has 0 bridgehead atoms. The van der Waals surface area contributed by atoms with Crippen molar-refractivity contribution in [3.8, 4) is 33.5 Å². The van der Waals surface area contributed by atoms with Gasteiger partial charge in [-0.25, -0.2) is 15.0 Å². The Bertz CT molecular complexity index is 2700. The Morgan fingerprint density at radius 3 is 1.85 bits per heavy atom. The van der Waals surface area contributed by atoms with E-state index in [9.17, 15) is 0 Å². The molecule has 54 heavy (non-hydrogen) atoms. The van der Waals surface area contributed by atoms with Crippen LogP contribution in [0.4, 0.5) is 5.69 Å². The van der Waals surface area contributed by atoms with Crippen molar-refractivity contribution in [2.75, 3.05) is 5.32 Å². The number of aromatic nitrogens is 1. The van der Waals surface area contributed by atoms with Crippen LogP contribution in [-0.4, -0.2) is 16.7 Å². The molecule has 0 spiro atoms. The molecular weight excluding hydrogens is 659 g/mol. The van der Waals surface area contributed by atoms with E-state index in [2.05, 4.69) is 156 Å². The number of para-hydroxylation sites is 1. The zero-order valence-corrected chi connectivity index (χ0v) is 29.4. The maximum Gasteiger partial charge on any atom is 0.169 e. The molecule has 2 N–H and O–H groups in total. The molecule has 8 aromatic rings. The van der Waals surface area contributed by atoms with Crippen molar-refractivity contribution in [3.05, 3.63) is 216 Å². The number of hydrogen-bond acceptors (Lipinski definition) is 5. The number of fused-ring (bicyclic) bond motifs is 5. The van der Waals surface area contributed by atoms with Gasteiger partial charge in [0.05, 0.1) is 17.3 Å². The van der Waals surface area contributed by atoms with Crippen molar-refractivity contribution in [3.63, 3.8) is 0 Å². The fourth-order valence-corrected chi connectivity index (χ4v) is 7.69. The molecular formula is C49H35N5. The molecule has 2 unspecified atom stereocenters. The number of amidine groups is 2. The Labute approximate surface area is 314 Å². The first-order chi connectivity index (χ1) is 26.7. The molecule has 0 amide bonds. The van der Waals surface area contributed by atoms with E-state index in [1.807, 2.05) is 42.5 Å². The molecule has 2 aliphatic heterocycles. The molecule has 7 aromatic carbocycles. The number of anilines is 1. The molecule has 5 heteroatoms. The van der Waals surface area contributed by atoms with Crippen molar-refractivity contribution >= 4 is 28.3 Å². The van der Waals surface area contributed by atoms with E-state index in [1.165, 1.54) is 22.3 Å². The fourth-order valence-electron chi connectivity index (χ4n) is 7.69. The summed E-state index contributed by atoms with van der Waals surface area (Å²) >= 11 is 0. The van der Waals surface area contributed by atoms with E-state index in [4.69, 9.17) is 15.0 Å². The number of aliphatic imine (C=N–C) groups is 2. The van der Waals surface area contributed by atoms with Crippen molar-refractivity contribution in [1.29, 1.82) is 0 Å². The highest BCUT2D eigenvalue weighted by Gasteiger charge is 2.28. The first-order valence-electron chi connectivity index (χ1n) is 18.3. The zero-order chi connectivity index (χ0) is 35.8. The van der Waals surface area contributed by atoms with Gasteiger partial charge in [0.25, 0.3) is 0 Å². The van der Waals surface area contributed by atoms with Gasteiger partial charge >= 0.3 is 0 Å². The molecule has 0 aliphatic carbocycles. The number of benzene rings is 7. The van der Waals surface area contributed by atoms with E-state index in [0.29, 0.717) is 0 Å². The molecule has 2 aliphatic rings. The van der Waals surface area contributed by atoms with Crippen LogP contribution in [0.2, 0.25) is 0 Å². The standard InChI is InChI=1S/C49H35N5/c1-4-13-33(14-5-1)42-29-28-41-44(50-42)30-27-40-39-21-10-11-22-43(39)51-46(45(40)41)34-25-23-32(24-26-34)37-19-12-20-38(31-37)49-53-47(35-15-6-2-7-16-35)52-48(54-49)36-17-8-3-9-18-36/h1-31,46-47,51H,(H,52,53,54). The van der Waals surface area contributed by atoms with Gasteiger partial charge in [0, 0.05) is 33.3 Å². The Kier molecular flexibility index (Phi) is 7.88. The lowest BCUT2D eigenvalue weighted by Crippen LogP contribution is -2.36. The molecule has 2 atom stereocenters. The SMILES string of the molecule is c1ccc(C2=NC(c3ccccc3)N=C(c3cccc(-c4ccc(C5Nc6ccccc6-c6ccc7nc(-c8ccccc8)ccc7c65)cc4)c3)N2)cc1. The average molecular weight is 694 g/mol. The van der Waals surface area contributed by atoms with E-state index >= 15 is 0 Å². The highest BCUT2D eigenvalue weighted by Crippen LogP contribution is 2.46.